The number of rotatable bonds is 5. The first-order valence-corrected chi connectivity index (χ1v) is 7.17. The third-order valence-corrected chi connectivity index (χ3v) is 3.41. The van der Waals surface area contributed by atoms with Gasteiger partial charge in [-0.05, 0) is 18.2 Å². The lowest BCUT2D eigenvalue weighted by atomic mass is 10.2. The van der Waals surface area contributed by atoms with Gasteiger partial charge in [-0.3, -0.25) is 10.1 Å². The Morgan fingerprint density at radius 3 is 2.88 bits per heavy atom. The van der Waals surface area contributed by atoms with Gasteiger partial charge in [0.15, 0.2) is 5.58 Å². The molecule has 3 rings (SSSR count). The van der Waals surface area contributed by atoms with Crippen LogP contribution >= 0.6 is 0 Å². The summed E-state index contributed by atoms with van der Waals surface area (Å²) >= 11 is 0. The zero-order valence-corrected chi connectivity index (χ0v) is 13.1. The summed E-state index contributed by atoms with van der Waals surface area (Å²) in [6.07, 6.45) is 1.41. The lowest BCUT2D eigenvalue weighted by Crippen LogP contribution is -1.96. The van der Waals surface area contributed by atoms with Crippen molar-refractivity contribution in [3.8, 4) is 11.8 Å². The number of non-ortho nitro benzene ring substituents is 1. The number of hydrogen-bond donors (Lipinski definition) is 1. The summed E-state index contributed by atoms with van der Waals surface area (Å²) < 4.78 is 10.7. The molecule has 8 heteroatoms. The first-order valence-electron chi connectivity index (χ1n) is 7.17. The highest BCUT2D eigenvalue weighted by Gasteiger charge is 2.13. The molecule has 0 spiro atoms. The van der Waals surface area contributed by atoms with Crippen LogP contribution in [0.3, 0.4) is 0 Å². The fourth-order valence-corrected chi connectivity index (χ4v) is 2.19. The zero-order chi connectivity index (χ0) is 17.8. The monoisotopic (exact) mass is 336 g/mol. The molecule has 1 heterocycles. The Labute approximate surface area is 142 Å². The molecule has 0 unspecified atom stereocenters. The van der Waals surface area contributed by atoms with E-state index in [9.17, 15) is 15.4 Å². The van der Waals surface area contributed by atoms with E-state index in [0.717, 1.165) is 0 Å². The van der Waals surface area contributed by atoms with Gasteiger partial charge in [-0.15, -0.1) is 0 Å². The van der Waals surface area contributed by atoms with Crippen LogP contribution in [0.5, 0.6) is 5.75 Å². The van der Waals surface area contributed by atoms with Crippen molar-refractivity contribution in [3.05, 3.63) is 64.7 Å². The van der Waals surface area contributed by atoms with Gasteiger partial charge in [0.25, 0.3) is 5.69 Å². The van der Waals surface area contributed by atoms with Crippen LogP contribution in [0.25, 0.3) is 16.7 Å². The minimum absolute atomic E-state index is 0.0918. The summed E-state index contributed by atoms with van der Waals surface area (Å²) in [7, 11) is 1.40. The SMILES string of the molecule is COc1cc([N+](=O)[O-])ccc1N/C=C(\C#N)c1nc2ccccc2o1. The van der Waals surface area contributed by atoms with Crippen LogP contribution in [0.1, 0.15) is 5.89 Å². The van der Waals surface area contributed by atoms with E-state index in [1.165, 1.54) is 31.5 Å². The molecular formula is C17H12N4O4. The van der Waals surface area contributed by atoms with E-state index in [0.29, 0.717) is 16.8 Å². The van der Waals surface area contributed by atoms with Crippen molar-refractivity contribution >= 4 is 28.0 Å². The maximum atomic E-state index is 10.8. The first kappa shape index (κ1) is 16.0. The summed E-state index contributed by atoms with van der Waals surface area (Å²) in [5.41, 5.74) is 1.78. The summed E-state index contributed by atoms with van der Waals surface area (Å²) in [6, 6.07) is 13.3. The number of hydrogen-bond acceptors (Lipinski definition) is 7. The summed E-state index contributed by atoms with van der Waals surface area (Å²) in [6.45, 7) is 0. The molecule has 25 heavy (non-hydrogen) atoms. The molecule has 0 aliphatic heterocycles. The fraction of sp³-hybridized carbons (Fsp3) is 0.0588. The number of para-hydroxylation sites is 2. The number of allylic oxidation sites excluding steroid dienone is 1. The molecular weight excluding hydrogens is 324 g/mol. The molecule has 0 saturated heterocycles. The molecule has 0 aliphatic rings. The summed E-state index contributed by atoms with van der Waals surface area (Å²) in [5, 5.41) is 23.1. The Hall–Kier alpha value is -3.86. The Bertz CT molecular complexity index is 984. The zero-order valence-electron chi connectivity index (χ0n) is 13.1. The number of aromatic nitrogens is 1. The Kier molecular flexibility index (Phi) is 4.30. The van der Waals surface area contributed by atoms with Gasteiger partial charge in [0, 0.05) is 12.3 Å². The summed E-state index contributed by atoms with van der Waals surface area (Å²) in [4.78, 5) is 14.6. The number of methoxy groups -OCH3 is 1. The van der Waals surface area contributed by atoms with Gasteiger partial charge in [-0.1, -0.05) is 12.1 Å². The average Bonchev–Trinajstić information content (AvgIpc) is 3.06. The van der Waals surface area contributed by atoms with Crippen LogP contribution in [0.2, 0.25) is 0 Å². The molecule has 8 nitrogen and oxygen atoms in total. The van der Waals surface area contributed by atoms with E-state index in [-0.39, 0.29) is 22.9 Å². The topological polar surface area (TPSA) is 114 Å². The number of oxazole rings is 1. The molecule has 3 aromatic rings. The molecule has 1 N–H and O–H groups in total. The Morgan fingerprint density at radius 1 is 1.40 bits per heavy atom. The number of nitro groups is 1. The van der Waals surface area contributed by atoms with Crippen molar-refractivity contribution < 1.29 is 14.1 Å². The number of nitro benzene ring substituents is 1. The van der Waals surface area contributed by atoms with E-state index < -0.39 is 4.92 Å². The van der Waals surface area contributed by atoms with E-state index in [1.54, 1.807) is 12.1 Å². The molecule has 0 amide bonds. The third kappa shape index (κ3) is 3.25. The van der Waals surface area contributed by atoms with Crippen LogP contribution in [0.15, 0.2) is 53.1 Å². The van der Waals surface area contributed by atoms with Crippen molar-refractivity contribution in [1.29, 1.82) is 5.26 Å². The van der Waals surface area contributed by atoms with Gasteiger partial charge in [-0.2, -0.15) is 5.26 Å². The summed E-state index contributed by atoms with van der Waals surface area (Å²) in [5.74, 6) is 0.456. The van der Waals surface area contributed by atoms with Crippen molar-refractivity contribution in [2.24, 2.45) is 0 Å². The first-order chi connectivity index (χ1) is 12.1. The van der Waals surface area contributed by atoms with E-state index >= 15 is 0 Å². The number of ether oxygens (including phenoxy) is 1. The Morgan fingerprint density at radius 2 is 2.20 bits per heavy atom. The molecule has 124 valence electrons. The maximum Gasteiger partial charge on any atom is 0.273 e. The van der Waals surface area contributed by atoms with Gasteiger partial charge in [0.1, 0.15) is 22.9 Å². The van der Waals surface area contributed by atoms with Gasteiger partial charge >= 0.3 is 0 Å². The van der Waals surface area contributed by atoms with E-state index in [2.05, 4.69) is 10.3 Å². The van der Waals surface area contributed by atoms with Gasteiger partial charge in [0.2, 0.25) is 5.89 Å². The molecule has 0 aliphatic carbocycles. The van der Waals surface area contributed by atoms with Gasteiger partial charge < -0.3 is 14.5 Å². The van der Waals surface area contributed by atoms with E-state index in [4.69, 9.17) is 9.15 Å². The van der Waals surface area contributed by atoms with Crippen molar-refractivity contribution in [2.45, 2.75) is 0 Å². The average molecular weight is 336 g/mol. The van der Waals surface area contributed by atoms with Gasteiger partial charge in [0.05, 0.1) is 23.8 Å². The highest BCUT2D eigenvalue weighted by atomic mass is 16.6. The lowest BCUT2D eigenvalue weighted by Gasteiger charge is -2.07. The molecule has 1 aromatic heterocycles. The minimum Gasteiger partial charge on any atom is -0.494 e. The van der Waals surface area contributed by atoms with E-state index in [1.807, 2.05) is 18.2 Å². The van der Waals surface area contributed by atoms with Gasteiger partial charge in [-0.25, -0.2) is 4.98 Å². The largest absolute Gasteiger partial charge is 0.494 e. The normalized spacial score (nSPS) is 11.1. The number of nitrogens with zero attached hydrogens (tertiary/aromatic N) is 3. The number of benzene rings is 2. The predicted octanol–water partition coefficient (Wildman–Crippen LogP) is 3.72. The smallest absolute Gasteiger partial charge is 0.273 e. The van der Waals surface area contributed by atoms with Crippen molar-refractivity contribution in [1.82, 2.24) is 4.98 Å². The highest BCUT2D eigenvalue weighted by molar-refractivity contribution is 5.80. The molecule has 0 atom stereocenters. The number of fused-ring (bicyclic) bond motifs is 1. The second-order valence-electron chi connectivity index (χ2n) is 4.94. The molecule has 0 saturated carbocycles. The highest BCUT2D eigenvalue weighted by Crippen LogP contribution is 2.29. The number of nitriles is 1. The molecule has 0 bridgehead atoms. The number of nitrogens with one attached hydrogen (secondary N) is 1. The predicted molar refractivity (Wildman–Crippen MR) is 90.9 cm³/mol. The fourth-order valence-electron chi connectivity index (χ4n) is 2.19. The van der Waals surface area contributed by atoms with Crippen LogP contribution in [-0.2, 0) is 0 Å². The van der Waals surface area contributed by atoms with Crippen LogP contribution in [-0.4, -0.2) is 17.0 Å². The van der Waals surface area contributed by atoms with Crippen molar-refractivity contribution in [3.63, 3.8) is 0 Å². The maximum absolute atomic E-state index is 10.8. The minimum atomic E-state index is -0.513. The standard InChI is InChI=1S/C17H12N4O4/c1-24-16-8-12(21(22)23)6-7-13(16)19-10-11(9-18)17-20-14-4-2-3-5-15(14)25-17/h2-8,10,19H,1H3/b11-10+. The lowest BCUT2D eigenvalue weighted by molar-refractivity contribution is -0.384. The van der Waals surface area contributed by atoms with Crippen LogP contribution in [0, 0.1) is 21.4 Å². The second-order valence-corrected chi connectivity index (χ2v) is 4.94. The molecule has 0 fully saturated rings. The third-order valence-electron chi connectivity index (χ3n) is 3.41. The van der Waals surface area contributed by atoms with Crippen LogP contribution < -0.4 is 10.1 Å². The molecule has 2 aromatic carbocycles. The van der Waals surface area contributed by atoms with Crippen LogP contribution in [0.4, 0.5) is 11.4 Å². The molecule has 0 radical (unpaired) electrons. The second kappa shape index (κ2) is 6.72. The number of anilines is 1. The quantitative estimate of drug-likeness (QED) is 0.429. The van der Waals surface area contributed by atoms with Crippen molar-refractivity contribution in [2.75, 3.05) is 12.4 Å². The Balaban J connectivity index is 1.91.